The molecule has 2 N–H and O–H groups in total. The van der Waals surface area contributed by atoms with Crippen LogP contribution < -0.4 is 10.1 Å². The molecule has 1 aromatic carbocycles. The summed E-state index contributed by atoms with van der Waals surface area (Å²) < 4.78 is 5.52. The Bertz CT molecular complexity index is 609. The Morgan fingerprint density at radius 2 is 2.00 bits per heavy atom. The second kappa shape index (κ2) is 8.27. The van der Waals surface area contributed by atoms with Gasteiger partial charge in [-0.3, -0.25) is 4.79 Å². The molecule has 2 aromatic rings. The largest absolute Gasteiger partial charge is 0.508 e. The molecule has 1 heterocycles. The average Bonchev–Trinajstić information content (AvgIpc) is 2.98. The summed E-state index contributed by atoms with van der Waals surface area (Å²) in [5.41, 5.74) is 0. The quantitative estimate of drug-likeness (QED) is 0.722. The lowest BCUT2D eigenvalue weighted by Crippen LogP contribution is -2.23. The molecule has 0 radical (unpaired) electrons. The first-order chi connectivity index (χ1) is 10.6. The van der Waals surface area contributed by atoms with E-state index in [4.69, 9.17) is 27.9 Å². The van der Waals surface area contributed by atoms with Crippen molar-refractivity contribution < 1.29 is 14.6 Å². The molecule has 1 amide bonds. The van der Waals surface area contributed by atoms with Crippen LogP contribution in [-0.2, 0) is 0 Å². The van der Waals surface area contributed by atoms with Crippen molar-refractivity contribution in [1.82, 2.24) is 5.32 Å². The smallest absolute Gasteiger partial charge is 0.261 e. The van der Waals surface area contributed by atoms with Gasteiger partial charge >= 0.3 is 0 Å². The van der Waals surface area contributed by atoms with Crippen LogP contribution in [0.2, 0.25) is 10.0 Å². The summed E-state index contributed by atoms with van der Waals surface area (Å²) >= 11 is 13.3. The van der Waals surface area contributed by atoms with E-state index >= 15 is 0 Å². The lowest BCUT2D eigenvalue weighted by molar-refractivity contribution is 0.0956. The molecule has 7 heteroatoms. The molecule has 0 saturated carbocycles. The molecule has 118 valence electrons. The van der Waals surface area contributed by atoms with Crippen LogP contribution in [-0.4, -0.2) is 24.2 Å². The second-order valence-electron chi connectivity index (χ2n) is 4.53. The van der Waals surface area contributed by atoms with Gasteiger partial charge in [-0.2, -0.15) is 0 Å². The van der Waals surface area contributed by atoms with E-state index in [2.05, 4.69) is 5.32 Å². The fourth-order valence-electron chi connectivity index (χ4n) is 1.78. The highest BCUT2D eigenvalue weighted by atomic mass is 35.5. The highest BCUT2D eigenvalue weighted by molar-refractivity contribution is 7.12. The van der Waals surface area contributed by atoms with E-state index in [0.29, 0.717) is 23.8 Å². The molecule has 1 aromatic heterocycles. The van der Waals surface area contributed by atoms with Crippen molar-refractivity contribution in [3.63, 3.8) is 0 Å². The van der Waals surface area contributed by atoms with Gasteiger partial charge in [0.15, 0.2) is 5.75 Å². The fraction of sp³-hybridized carbons (Fsp3) is 0.267. The molecule has 22 heavy (non-hydrogen) atoms. The highest BCUT2D eigenvalue weighted by Crippen LogP contribution is 2.36. The molecule has 0 atom stereocenters. The van der Waals surface area contributed by atoms with Gasteiger partial charge < -0.3 is 15.2 Å². The Morgan fingerprint density at radius 1 is 1.27 bits per heavy atom. The van der Waals surface area contributed by atoms with E-state index in [-0.39, 0.29) is 21.7 Å². The third-order valence-corrected chi connectivity index (χ3v) is 4.26. The van der Waals surface area contributed by atoms with Gasteiger partial charge in [-0.05, 0) is 24.3 Å². The second-order valence-corrected chi connectivity index (χ2v) is 6.29. The van der Waals surface area contributed by atoms with E-state index in [9.17, 15) is 9.90 Å². The van der Waals surface area contributed by atoms with Gasteiger partial charge in [0.2, 0.25) is 0 Å². The molecule has 0 fully saturated rings. The number of carbonyl (C=O) groups excluding carboxylic acids is 1. The van der Waals surface area contributed by atoms with Crippen LogP contribution in [0.1, 0.15) is 22.5 Å². The van der Waals surface area contributed by atoms with Crippen LogP contribution in [0.5, 0.6) is 11.5 Å². The molecular weight excluding hydrogens is 345 g/mol. The maximum atomic E-state index is 11.7. The molecule has 4 nitrogen and oxygen atoms in total. The lowest BCUT2D eigenvalue weighted by Gasteiger charge is -2.10. The summed E-state index contributed by atoms with van der Waals surface area (Å²) in [6.45, 7) is 1.01. The van der Waals surface area contributed by atoms with Crippen molar-refractivity contribution in [3.8, 4) is 11.5 Å². The minimum Gasteiger partial charge on any atom is -0.508 e. The Hall–Kier alpha value is -1.43. The summed E-state index contributed by atoms with van der Waals surface area (Å²) in [5.74, 6) is 0.308. The van der Waals surface area contributed by atoms with Crippen molar-refractivity contribution in [2.75, 3.05) is 13.2 Å². The number of hydrogen-bond donors (Lipinski definition) is 2. The number of nitrogens with one attached hydrogen (secondary N) is 1. The number of amides is 1. The molecule has 0 spiro atoms. The summed E-state index contributed by atoms with van der Waals surface area (Å²) in [7, 11) is 0. The average molecular weight is 360 g/mol. The number of thiophene rings is 1. The molecule has 0 unspecified atom stereocenters. The normalized spacial score (nSPS) is 10.5. The lowest BCUT2D eigenvalue weighted by atomic mass is 10.3. The van der Waals surface area contributed by atoms with E-state index in [0.717, 1.165) is 12.8 Å². The van der Waals surface area contributed by atoms with Crippen molar-refractivity contribution in [1.29, 1.82) is 0 Å². The summed E-state index contributed by atoms with van der Waals surface area (Å²) in [6.07, 6.45) is 1.53. The first-order valence-electron chi connectivity index (χ1n) is 6.70. The van der Waals surface area contributed by atoms with Gasteiger partial charge in [0.25, 0.3) is 5.91 Å². The Morgan fingerprint density at radius 3 is 2.64 bits per heavy atom. The molecular formula is C15H15Cl2NO3S. The van der Waals surface area contributed by atoms with Crippen LogP contribution in [0.4, 0.5) is 0 Å². The predicted octanol–water partition coefficient (Wildman–Crippen LogP) is 4.35. The predicted molar refractivity (Wildman–Crippen MR) is 89.5 cm³/mol. The van der Waals surface area contributed by atoms with Gasteiger partial charge in [0.05, 0.1) is 21.5 Å². The number of aromatic hydroxyl groups is 1. The molecule has 0 aliphatic heterocycles. The third-order valence-electron chi connectivity index (χ3n) is 2.83. The highest BCUT2D eigenvalue weighted by Gasteiger charge is 2.09. The summed E-state index contributed by atoms with van der Waals surface area (Å²) in [6, 6.07) is 6.39. The Balaban J connectivity index is 1.67. The van der Waals surface area contributed by atoms with Crippen LogP contribution in [0.3, 0.4) is 0 Å². The van der Waals surface area contributed by atoms with E-state index in [1.165, 1.54) is 23.5 Å². The zero-order valence-electron chi connectivity index (χ0n) is 11.6. The third kappa shape index (κ3) is 4.80. The Labute approximate surface area is 142 Å². The van der Waals surface area contributed by atoms with Gasteiger partial charge in [-0.15, -0.1) is 11.3 Å². The van der Waals surface area contributed by atoms with Crippen LogP contribution >= 0.6 is 34.5 Å². The first-order valence-corrected chi connectivity index (χ1v) is 8.34. The molecule has 0 bridgehead atoms. The van der Waals surface area contributed by atoms with E-state index in [1.54, 1.807) is 6.07 Å². The number of rotatable bonds is 7. The number of halogens is 2. The first kappa shape index (κ1) is 16.9. The minimum atomic E-state index is -0.0551. The van der Waals surface area contributed by atoms with Gasteiger partial charge in [0.1, 0.15) is 5.75 Å². The zero-order chi connectivity index (χ0) is 15.9. The SMILES string of the molecule is O=C(NCCCCOc1c(Cl)cc(O)cc1Cl)c1cccs1. The summed E-state index contributed by atoms with van der Waals surface area (Å²) in [4.78, 5) is 12.4. The number of carbonyl (C=O) groups is 1. The Kier molecular flexibility index (Phi) is 6.36. The number of unbranched alkanes of at least 4 members (excludes halogenated alkanes) is 1. The van der Waals surface area contributed by atoms with Gasteiger partial charge in [-0.25, -0.2) is 0 Å². The number of phenolic OH excluding ortho intramolecular Hbond substituents is 1. The number of ether oxygens (including phenoxy) is 1. The van der Waals surface area contributed by atoms with Crippen molar-refractivity contribution in [2.45, 2.75) is 12.8 Å². The van der Waals surface area contributed by atoms with Crippen molar-refractivity contribution in [3.05, 3.63) is 44.6 Å². The number of phenols is 1. The van der Waals surface area contributed by atoms with Crippen LogP contribution in [0.15, 0.2) is 29.6 Å². The van der Waals surface area contributed by atoms with E-state index in [1.807, 2.05) is 11.4 Å². The van der Waals surface area contributed by atoms with Gasteiger partial charge in [0, 0.05) is 18.7 Å². The van der Waals surface area contributed by atoms with Crippen LogP contribution in [0.25, 0.3) is 0 Å². The standard InChI is InChI=1S/C15H15Cl2NO3S/c16-11-8-10(19)9-12(17)14(11)21-6-2-1-5-18-15(20)13-4-3-7-22-13/h3-4,7-9,19H,1-2,5-6H2,(H,18,20). The van der Waals surface area contributed by atoms with E-state index < -0.39 is 0 Å². The van der Waals surface area contributed by atoms with Gasteiger partial charge in [-0.1, -0.05) is 29.3 Å². The molecule has 0 aliphatic carbocycles. The van der Waals surface area contributed by atoms with Crippen LogP contribution in [0, 0.1) is 0 Å². The fourth-order valence-corrected chi connectivity index (χ4v) is 3.01. The summed E-state index contributed by atoms with van der Waals surface area (Å²) in [5, 5.41) is 14.6. The number of benzene rings is 1. The monoisotopic (exact) mass is 359 g/mol. The van der Waals surface area contributed by atoms with Crippen molar-refractivity contribution in [2.24, 2.45) is 0 Å². The number of hydrogen-bond acceptors (Lipinski definition) is 4. The zero-order valence-corrected chi connectivity index (χ0v) is 14.0. The topological polar surface area (TPSA) is 58.6 Å². The molecule has 0 saturated heterocycles. The maximum Gasteiger partial charge on any atom is 0.261 e. The molecule has 2 rings (SSSR count). The van der Waals surface area contributed by atoms with Crippen molar-refractivity contribution >= 4 is 40.4 Å². The molecule has 0 aliphatic rings. The minimum absolute atomic E-state index is 0.00126. The maximum absolute atomic E-state index is 11.7.